The van der Waals surface area contributed by atoms with Gasteiger partial charge < -0.3 is 20.4 Å². The third kappa shape index (κ3) is 8.04. The number of hydroxylamine groups is 2. The van der Waals surface area contributed by atoms with E-state index >= 15 is 0 Å². The molecule has 7 rings (SSSR count). The molecular formula is C43H66N4O3. The Morgan fingerprint density at radius 3 is 2.38 bits per heavy atom. The molecule has 0 radical (unpaired) electrons. The second kappa shape index (κ2) is 16.2. The van der Waals surface area contributed by atoms with Gasteiger partial charge in [0.2, 0.25) is 0 Å². The van der Waals surface area contributed by atoms with Crippen LogP contribution in [0, 0.1) is 35.0 Å². The van der Waals surface area contributed by atoms with Gasteiger partial charge >= 0.3 is 0 Å². The first-order valence-corrected chi connectivity index (χ1v) is 19.7. The SMILES string of the molecule is C=C(N[C@H]1C[C@H]2C[C@@H]([C@@H]1C)C2(C)C)[C@@H]1[C@H]([C@H](C)O)[C@H](CO)ON1Cc1cccc(CN(CCN(C)C)C(c2ccccc2)C2CCCCC2)c1. The lowest BCUT2D eigenvalue weighted by Gasteiger charge is -2.62. The van der Waals surface area contributed by atoms with Crippen molar-refractivity contribution in [2.75, 3.05) is 33.8 Å². The number of aliphatic hydroxyl groups is 2. The summed E-state index contributed by atoms with van der Waals surface area (Å²) < 4.78 is 0. The molecule has 1 saturated heterocycles. The lowest BCUT2D eigenvalue weighted by Crippen LogP contribution is -2.60. The van der Waals surface area contributed by atoms with Crippen molar-refractivity contribution in [3.8, 4) is 0 Å². The summed E-state index contributed by atoms with van der Waals surface area (Å²) in [6, 6.07) is 20.7. The molecule has 5 aliphatic rings. The van der Waals surface area contributed by atoms with E-state index in [4.69, 9.17) is 4.84 Å². The summed E-state index contributed by atoms with van der Waals surface area (Å²) in [6.07, 6.45) is 7.92. The van der Waals surface area contributed by atoms with Crippen LogP contribution in [0.15, 0.2) is 66.9 Å². The van der Waals surface area contributed by atoms with Crippen molar-refractivity contribution in [1.29, 1.82) is 0 Å². The van der Waals surface area contributed by atoms with Gasteiger partial charge in [-0.1, -0.05) is 101 Å². The highest BCUT2D eigenvalue weighted by molar-refractivity contribution is 5.26. The number of nitrogens with one attached hydrogen (secondary N) is 1. The van der Waals surface area contributed by atoms with E-state index in [1.165, 1.54) is 55.2 Å². The van der Waals surface area contributed by atoms with Gasteiger partial charge in [-0.3, -0.25) is 9.74 Å². The van der Waals surface area contributed by atoms with Crippen LogP contribution >= 0.6 is 0 Å². The Labute approximate surface area is 303 Å². The van der Waals surface area contributed by atoms with E-state index in [0.717, 1.165) is 43.6 Å². The second-order valence-electron chi connectivity index (χ2n) is 17.2. The second-order valence-corrected chi connectivity index (χ2v) is 17.2. The van der Waals surface area contributed by atoms with Crippen molar-refractivity contribution in [3.05, 3.63) is 83.6 Å². The van der Waals surface area contributed by atoms with E-state index in [-0.39, 0.29) is 18.6 Å². The summed E-state index contributed by atoms with van der Waals surface area (Å²) in [5, 5.41) is 27.3. The van der Waals surface area contributed by atoms with Crippen LogP contribution in [0.4, 0.5) is 0 Å². The largest absolute Gasteiger partial charge is 0.394 e. The highest BCUT2D eigenvalue weighted by Gasteiger charge is 2.57. The van der Waals surface area contributed by atoms with Crippen molar-refractivity contribution >= 4 is 0 Å². The zero-order valence-corrected chi connectivity index (χ0v) is 31.8. The van der Waals surface area contributed by atoms with E-state index in [9.17, 15) is 10.2 Å². The standard InChI is InChI=1S/C43H66N4O3/c1-29-37-24-36(43(37,4)5)25-38(29)44-30(2)41-40(31(3)49)39(28-48)50-47(41)27-33-16-14-15-32(23-33)26-46(22-21-45(6)7)42(34-17-10-8-11-18-34)35-19-12-9-13-20-35/h8,10-11,14-18,23,29,31,35-42,44,48-49H,2,9,12-13,19-22,24-28H2,1,3-7H3/t29-,31-,36+,37-,38-,39-,40+,41+,42?/m0/s1. The van der Waals surface area contributed by atoms with Crippen molar-refractivity contribution in [2.24, 2.45) is 35.0 Å². The van der Waals surface area contributed by atoms with Gasteiger partial charge in [0, 0.05) is 49.9 Å². The molecule has 2 bridgehead atoms. The summed E-state index contributed by atoms with van der Waals surface area (Å²) in [5.41, 5.74) is 5.21. The molecule has 1 unspecified atom stereocenters. The minimum atomic E-state index is -0.650. The molecule has 7 nitrogen and oxygen atoms in total. The molecular weight excluding hydrogens is 620 g/mol. The zero-order valence-electron chi connectivity index (χ0n) is 31.8. The number of benzene rings is 2. The van der Waals surface area contributed by atoms with Crippen molar-refractivity contribution in [2.45, 2.75) is 116 Å². The summed E-state index contributed by atoms with van der Waals surface area (Å²) in [5.74, 6) is 2.39. The predicted molar refractivity (Wildman–Crippen MR) is 203 cm³/mol. The molecule has 1 aliphatic heterocycles. The Bertz CT molecular complexity index is 1390. The van der Waals surface area contributed by atoms with Crippen molar-refractivity contribution in [3.63, 3.8) is 0 Å². The third-order valence-corrected chi connectivity index (χ3v) is 13.4. The number of hydrogen-bond donors (Lipinski definition) is 3. The van der Waals surface area contributed by atoms with Gasteiger partial charge in [0.05, 0.1) is 18.8 Å². The normalized spacial score (nSPS) is 31.0. The third-order valence-electron chi connectivity index (χ3n) is 13.4. The lowest BCUT2D eigenvalue weighted by atomic mass is 9.44. The maximum absolute atomic E-state index is 11.0. The molecule has 0 aromatic heterocycles. The maximum atomic E-state index is 11.0. The molecule has 3 N–H and O–H groups in total. The Hall–Kier alpha value is -2.26. The van der Waals surface area contributed by atoms with E-state index in [0.29, 0.717) is 35.9 Å². The van der Waals surface area contributed by atoms with Gasteiger partial charge in [0.15, 0.2) is 0 Å². The highest BCUT2D eigenvalue weighted by Crippen LogP contribution is 2.61. The fourth-order valence-electron chi connectivity index (χ4n) is 10.4. The van der Waals surface area contributed by atoms with Crippen LogP contribution in [0.3, 0.4) is 0 Å². The van der Waals surface area contributed by atoms with Crippen LogP contribution in [-0.4, -0.2) is 83.2 Å². The quantitative estimate of drug-likeness (QED) is 0.186. The molecule has 276 valence electrons. The first-order valence-electron chi connectivity index (χ1n) is 19.7. The molecule has 2 aromatic rings. The van der Waals surface area contributed by atoms with Crippen LogP contribution in [0.1, 0.15) is 95.4 Å². The number of rotatable bonds is 15. The average molecular weight is 687 g/mol. The first-order chi connectivity index (χ1) is 24.0. The Balaban J connectivity index is 1.22. The number of fused-ring (bicyclic) bond motifs is 2. The smallest absolute Gasteiger partial charge is 0.110 e. The Kier molecular flexibility index (Phi) is 12.1. The summed E-state index contributed by atoms with van der Waals surface area (Å²) in [6.45, 7) is 17.0. The van der Waals surface area contributed by atoms with Crippen molar-refractivity contribution < 1.29 is 15.1 Å². The number of likely N-dealkylation sites (N-methyl/N-ethyl adjacent to an activating group) is 1. The molecule has 2 aromatic carbocycles. The monoisotopic (exact) mass is 687 g/mol. The minimum Gasteiger partial charge on any atom is -0.394 e. The molecule has 0 spiro atoms. The molecule has 50 heavy (non-hydrogen) atoms. The topological polar surface area (TPSA) is 71.4 Å². The summed E-state index contributed by atoms with van der Waals surface area (Å²) in [7, 11) is 4.34. The highest BCUT2D eigenvalue weighted by atomic mass is 16.7. The molecule has 7 heteroatoms. The van der Waals surface area contributed by atoms with E-state index in [2.05, 4.69) is 111 Å². The van der Waals surface area contributed by atoms with Gasteiger partial charge in [-0.25, -0.2) is 0 Å². The summed E-state index contributed by atoms with van der Waals surface area (Å²) in [4.78, 5) is 11.5. The molecule has 4 aliphatic carbocycles. The van der Waals surface area contributed by atoms with Crippen LogP contribution in [0.5, 0.6) is 0 Å². The van der Waals surface area contributed by atoms with Gasteiger partial charge in [0.25, 0.3) is 0 Å². The number of hydrogen-bond acceptors (Lipinski definition) is 7. The van der Waals surface area contributed by atoms with E-state index < -0.39 is 12.2 Å². The molecule has 0 amide bonds. The van der Waals surface area contributed by atoms with Crippen LogP contribution in [-0.2, 0) is 17.9 Å². The minimum absolute atomic E-state index is 0.142. The fourth-order valence-corrected chi connectivity index (χ4v) is 10.4. The molecule has 5 fully saturated rings. The van der Waals surface area contributed by atoms with Crippen LogP contribution < -0.4 is 5.32 Å². The fraction of sp³-hybridized carbons (Fsp3) is 0.674. The van der Waals surface area contributed by atoms with Crippen molar-refractivity contribution in [1.82, 2.24) is 20.2 Å². The van der Waals surface area contributed by atoms with Gasteiger partial charge in [-0.15, -0.1) is 0 Å². The van der Waals surface area contributed by atoms with Gasteiger partial charge in [-0.2, -0.15) is 5.06 Å². The lowest BCUT2D eigenvalue weighted by molar-refractivity contribution is -0.175. The number of nitrogens with zero attached hydrogens (tertiary/aromatic N) is 3. The number of aliphatic hydroxyl groups excluding tert-OH is 2. The molecule has 4 saturated carbocycles. The Morgan fingerprint density at radius 2 is 1.74 bits per heavy atom. The average Bonchev–Trinajstić information content (AvgIpc) is 3.47. The molecule has 9 atom stereocenters. The first kappa shape index (κ1) is 37.5. The van der Waals surface area contributed by atoms with Gasteiger partial charge in [0.1, 0.15) is 6.10 Å². The predicted octanol–water partition coefficient (Wildman–Crippen LogP) is 7.02. The van der Waals surface area contributed by atoms with E-state index in [1.807, 2.05) is 12.0 Å². The van der Waals surface area contributed by atoms with Crippen LogP contribution in [0.25, 0.3) is 0 Å². The zero-order chi connectivity index (χ0) is 35.6. The molecule has 1 heterocycles. The van der Waals surface area contributed by atoms with Gasteiger partial charge in [-0.05, 0) is 92.5 Å². The van der Waals surface area contributed by atoms with E-state index in [1.54, 1.807) is 0 Å². The maximum Gasteiger partial charge on any atom is 0.110 e. The Morgan fingerprint density at radius 1 is 1.02 bits per heavy atom. The summed E-state index contributed by atoms with van der Waals surface area (Å²) >= 11 is 0. The van der Waals surface area contributed by atoms with Crippen LogP contribution in [0.2, 0.25) is 0 Å².